The predicted molar refractivity (Wildman–Crippen MR) is 253 cm³/mol. The number of hydrogen-bond acceptors (Lipinski definition) is 8. The van der Waals surface area contributed by atoms with Crippen LogP contribution in [0.5, 0.6) is 0 Å². The van der Waals surface area contributed by atoms with Crippen molar-refractivity contribution in [3.63, 3.8) is 0 Å². The number of halogens is 6. The normalized spacial score (nSPS) is 16.7. The number of carbonyl (C=O) groups excluding carboxylic acids is 2. The maximum absolute atomic E-state index is 14.2. The molecule has 2 aromatic heterocycles. The first-order valence-corrected chi connectivity index (χ1v) is 25.1. The molecule has 2 atom stereocenters. The first-order chi connectivity index (χ1) is 29.4. The Morgan fingerprint density at radius 1 is 0.652 bits per heavy atom. The quantitative estimate of drug-likeness (QED) is 0.183. The molecule has 2 aliphatic heterocycles. The van der Waals surface area contributed by atoms with Crippen LogP contribution in [0.15, 0.2) is 85.2 Å². The summed E-state index contributed by atoms with van der Waals surface area (Å²) >= 11 is 18.5. The molecule has 4 heterocycles. The van der Waals surface area contributed by atoms with Gasteiger partial charge in [-0.3, -0.25) is 24.3 Å². The zero-order chi connectivity index (χ0) is 45.3. The number of benzene rings is 2. The fraction of sp³-hybridized carbons (Fsp3) is 0.467. The molecule has 0 saturated carbocycles. The van der Waals surface area contributed by atoms with Gasteiger partial charge in [-0.2, -0.15) is 0 Å². The molecule has 0 radical (unpaired) electrons. The summed E-state index contributed by atoms with van der Waals surface area (Å²) < 4.78 is 67.5. The minimum atomic E-state index is -3.31. The van der Waals surface area contributed by atoms with Crippen LogP contribution in [0.2, 0.25) is 15.1 Å². The molecule has 6 rings (SSSR count). The molecule has 66 heavy (non-hydrogen) atoms. The minimum Gasteiger partial charge on any atom is -1.00 e. The third-order valence-electron chi connectivity index (χ3n) is 12.0. The van der Waals surface area contributed by atoms with Crippen LogP contribution in [0.3, 0.4) is 0 Å². The van der Waals surface area contributed by atoms with Crippen molar-refractivity contribution in [3.05, 3.63) is 129 Å². The van der Waals surface area contributed by atoms with Crippen LogP contribution in [0.1, 0.15) is 106 Å². The van der Waals surface area contributed by atoms with Gasteiger partial charge in [-0.25, -0.2) is 29.8 Å². The number of rotatable bonds is 14. The molecule has 2 aliphatic rings. The Bertz CT molecular complexity index is 2190. The molecule has 0 bridgehead atoms. The van der Waals surface area contributed by atoms with E-state index >= 15 is 0 Å². The van der Waals surface area contributed by atoms with Gasteiger partial charge < -0.3 is 15.3 Å². The summed E-state index contributed by atoms with van der Waals surface area (Å²) in [6, 6.07) is 19.5. The average Bonchev–Trinajstić information content (AvgIpc) is 3.24. The number of hydrogen-bond donors (Lipinski definition) is 2. The first-order valence-electron chi connectivity index (χ1n) is 20.7. The summed E-state index contributed by atoms with van der Waals surface area (Å²) in [5.41, 5.74) is 0.540. The SMILES string of the molecule is C.CCCS(=O)(=O)N1CCC(c2ccccn2)([C@H](C)NC(=O)c2c(Cl)cccc2Cl)CC1.CCCS(=O)(=O)N1CCC(c2ccccn2)([C@H](C)NC(=O)c2c([18F])cccc2Cl)CC1.F.[18F-].[K+]. The second kappa shape index (κ2) is 27.3. The molecule has 2 aromatic carbocycles. The molecule has 2 saturated heterocycles. The molecule has 2 fully saturated rings. The van der Waals surface area contributed by atoms with E-state index in [1.54, 1.807) is 41.0 Å². The average molecular weight is 1040 g/mol. The molecule has 0 spiro atoms. The number of nitrogens with one attached hydrogen (secondary N) is 2. The van der Waals surface area contributed by atoms with Crippen LogP contribution in [0.4, 0.5) is 9.09 Å². The van der Waals surface area contributed by atoms with Crippen molar-refractivity contribution in [3.8, 4) is 0 Å². The number of piperidine rings is 2. The number of sulfonamides is 2. The van der Waals surface area contributed by atoms with Gasteiger partial charge in [-0.1, -0.05) is 80.3 Å². The van der Waals surface area contributed by atoms with Gasteiger partial charge >= 0.3 is 51.4 Å². The summed E-state index contributed by atoms with van der Waals surface area (Å²) in [6.07, 6.45) is 6.60. The topological polar surface area (TPSA) is 159 Å². The smallest absolute Gasteiger partial charge is 1.00 e. The van der Waals surface area contributed by atoms with Crippen LogP contribution >= 0.6 is 34.8 Å². The van der Waals surface area contributed by atoms with Gasteiger partial charge in [0.2, 0.25) is 20.0 Å². The van der Waals surface area contributed by atoms with E-state index in [0.717, 1.165) is 11.4 Å². The van der Waals surface area contributed by atoms with Crippen LogP contribution in [-0.2, 0) is 30.9 Å². The van der Waals surface area contributed by atoms with E-state index in [1.807, 2.05) is 58.0 Å². The number of pyridine rings is 2. The Kier molecular flexibility index (Phi) is 25.5. The molecule has 0 aliphatic carbocycles. The fourth-order valence-corrected chi connectivity index (χ4v) is 12.3. The Morgan fingerprint density at radius 2 is 1.00 bits per heavy atom. The molecule has 2 N–H and O–H groups in total. The van der Waals surface area contributed by atoms with Gasteiger partial charge in [-0.15, -0.1) is 0 Å². The first kappa shape index (κ1) is 61.8. The molecular weight excluding hydrogens is 985 g/mol. The van der Waals surface area contributed by atoms with E-state index < -0.39 is 48.6 Å². The van der Waals surface area contributed by atoms with E-state index in [1.165, 1.54) is 22.5 Å². The molecule has 360 valence electrons. The van der Waals surface area contributed by atoms with Crippen molar-refractivity contribution in [2.45, 2.75) is 96.6 Å². The standard InChI is InChI=1S/C22H27Cl2N3O3S.C22H27ClFN3O3S.CH4.2FH.K/c2*1-3-15-31(29,30)27-13-10-22(11-14-27,19-9-4-5-12-25-19)16(2)26-21(28)20-17(23)7-6-8-18(20)24;;;;/h2*4-9,12,16H,3,10-11,13-15H2,1-2H3,(H,26,28);1H4;2*1H;/q;;;;;+1/p-1/t2*16-;;;;/m00..../s1/i;24-1;;1-1;;. The zero-order valence-corrected chi connectivity index (χ0v) is 44.1. The van der Waals surface area contributed by atoms with Gasteiger partial charge in [0, 0.05) is 72.9 Å². The molecule has 2 amide bonds. The fourth-order valence-electron chi connectivity index (χ4n) is 8.48. The molecule has 4 aromatic rings. The molecular formula is C45H59Cl3F3KN6O6S2. The number of carbonyl (C=O) groups is 2. The summed E-state index contributed by atoms with van der Waals surface area (Å²) in [7, 11) is -6.59. The van der Waals surface area contributed by atoms with E-state index in [-0.39, 0.29) is 118 Å². The molecule has 21 heteroatoms. The summed E-state index contributed by atoms with van der Waals surface area (Å²) in [5.74, 6) is -1.40. The minimum absolute atomic E-state index is 0. The van der Waals surface area contributed by atoms with Crippen molar-refractivity contribution in [1.82, 2.24) is 29.2 Å². The van der Waals surface area contributed by atoms with Crippen molar-refractivity contribution >= 4 is 66.7 Å². The molecule has 0 unspecified atom stereocenters. The zero-order valence-electron chi connectivity index (χ0n) is 37.1. The summed E-state index contributed by atoms with van der Waals surface area (Å²) in [4.78, 5) is 35.0. The number of nitrogens with zero attached hydrogens (tertiary/aromatic N) is 4. The van der Waals surface area contributed by atoms with Crippen molar-refractivity contribution < 1.29 is 91.6 Å². The largest absolute Gasteiger partial charge is 1.00 e. The number of amides is 2. The Morgan fingerprint density at radius 3 is 1.33 bits per heavy atom. The van der Waals surface area contributed by atoms with Crippen LogP contribution in [0, 0.1) is 5.82 Å². The van der Waals surface area contributed by atoms with E-state index in [4.69, 9.17) is 34.8 Å². The van der Waals surface area contributed by atoms with E-state index in [0.29, 0.717) is 64.7 Å². The van der Waals surface area contributed by atoms with Crippen molar-refractivity contribution in [2.75, 3.05) is 37.7 Å². The Hall–Kier alpha value is -2.20. The maximum atomic E-state index is 14.2. The van der Waals surface area contributed by atoms with Gasteiger partial charge in [0.25, 0.3) is 11.8 Å². The van der Waals surface area contributed by atoms with E-state index in [2.05, 4.69) is 20.6 Å². The van der Waals surface area contributed by atoms with Crippen molar-refractivity contribution in [1.29, 1.82) is 0 Å². The van der Waals surface area contributed by atoms with Gasteiger partial charge in [-0.05, 0) is 101 Å². The monoisotopic (exact) mass is 1040 g/mol. The van der Waals surface area contributed by atoms with Crippen LogP contribution in [-0.4, -0.2) is 97.0 Å². The second-order valence-electron chi connectivity index (χ2n) is 15.8. The maximum Gasteiger partial charge on any atom is 1.00 e. The Labute approximate surface area is 445 Å². The van der Waals surface area contributed by atoms with Crippen LogP contribution in [0.25, 0.3) is 0 Å². The van der Waals surface area contributed by atoms with Gasteiger partial charge in [0.1, 0.15) is 5.82 Å². The predicted octanol–water partition coefficient (Wildman–Crippen LogP) is 2.84. The van der Waals surface area contributed by atoms with Gasteiger partial charge in [0.15, 0.2) is 0 Å². The summed E-state index contributed by atoms with van der Waals surface area (Å²) in [5, 5.41) is 6.55. The Balaban J connectivity index is 0.000000622. The van der Waals surface area contributed by atoms with Crippen molar-refractivity contribution in [2.24, 2.45) is 0 Å². The van der Waals surface area contributed by atoms with Crippen LogP contribution < -0.4 is 66.7 Å². The third kappa shape index (κ3) is 14.4. The van der Waals surface area contributed by atoms with E-state index in [9.17, 15) is 30.8 Å². The van der Waals surface area contributed by atoms with Gasteiger partial charge in [0.05, 0.1) is 37.7 Å². The second-order valence-corrected chi connectivity index (χ2v) is 21.2. The summed E-state index contributed by atoms with van der Waals surface area (Å²) in [6.45, 7) is 8.89. The number of aromatic nitrogens is 2. The molecule has 12 nitrogen and oxygen atoms in total. The third-order valence-corrected chi connectivity index (χ3v) is 17.1.